The summed E-state index contributed by atoms with van der Waals surface area (Å²) >= 11 is 0. The third-order valence-corrected chi connectivity index (χ3v) is 4.13. The van der Waals surface area contributed by atoms with E-state index in [0.717, 1.165) is 12.1 Å². The van der Waals surface area contributed by atoms with E-state index in [1.54, 1.807) is 0 Å². The molecular formula is C13H18FNO4S. The molecule has 1 rings (SSSR count). The predicted octanol–water partition coefficient (Wildman–Crippen LogP) is 2.24. The van der Waals surface area contributed by atoms with Crippen LogP contribution < -0.4 is 4.72 Å². The number of carboxylic acids is 1. The highest BCUT2D eigenvalue weighted by molar-refractivity contribution is 7.89. The molecule has 2 N–H and O–H groups in total. The summed E-state index contributed by atoms with van der Waals surface area (Å²) in [6, 6.07) is 2.71. The lowest BCUT2D eigenvalue weighted by atomic mass is 9.93. The van der Waals surface area contributed by atoms with Gasteiger partial charge in [0.25, 0.3) is 0 Å². The summed E-state index contributed by atoms with van der Waals surface area (Å²) in [5.41, 5.74) is -0.343. The van der Waals surface area contributed by atoms with E-state index in [-0.39, 0.29) is 17.5 Å². The maximum Gasteiger partial charge on any atom is 0.335 e. The standard InChI is InChI=1S/C13H18FNO4S/c1-13(2,3)6-7-15-20(18,19)11-5-4-9(12(16)17)8-10(11)14/h4-5,8,15H,6-7H2,1-3H3,(H,16,17). The molecule has 0 spiro atoms. The van der Waals surface area contributed by atoms with Crippen molar-refractivity contribution in [3.05, 3.63) is 29.6 Å². The summed E-state index contributed by atoms with van der Waals surface area (Å²) in [5, 5.41) is 8.70. The fraction of sp³-hybridized carbons (Fsp3) is 0.462. The van der Waals surface area contributed by atoms with E-state index in [9.17, 15) is 17.6 Å². The number of carboxylic acid groups (broad SMARTS) is 1. The van der Waals surface area contributed by atoms with Crippen molar-refractivity contribution in [2.24, 2.45) is 5.41 Å². The van der Waals surface area contributed by atoms with E-state index < -0.39 is 26.7 Å². The van der Waals surface area contributed by atoms with Crippen LogP contribution in [0, 0.1) is 11.2 Å². The van der Waals surface area contributed by atoms with Crippen LogP contribution in [-0.2, 0) is 10.0 Å². The molecule has 0 unspecified atom stereocenters. The molecule has 0 fully saturated rings. The second-order valence-corrected chi connectivity index (χ2v) is 7.39. The molecule has 0 aliphatic carbocycles. The summed E-state index contributed by atoms with van der Waals surface area (Å²) in [4.78, 5) is 10.1. The molecule has 0 saturated carbocycles. The molecule has 1 aromatic rings. The van der Waals surface area contributed by atoms with Gasteiger partial charge >= 0.3 is 5.97 Å². The third kappa shape index (κ3) is 4.57. The van der Waals surface area contributed by atoms with Crippen LogP contribution in [0.25, 0.3) is 0 Å². The van der Waals surface area contributed by atoms with E-state index in [0.29, 0.717) is 12.5 Å². The number of hydrogen-bond acceptors (Lipinski definition) is 3. The molecule has 5 nitrogen and oxygen atoms in total. The first-order chi connectivity index (χ1) is 9.03. The van der Waals surface area contributed by atoms with Crippen molar-refractivity contribution < 1.29 is 22.7 Å². The molecule has 0 amide bonds. The molecule has 0 bridgehead atoms. The van der Waals surface area contributed by atoms with Gasteiger partial charge in [-0.05, 0) is 30.0 Å². The summed E-state index contributed by atoms with van der Waals surface area (Å²) < 4.78 is 39.8. The number of aromatic carboxylic acids is 1. The molecular weight excluding hydrogens is 285 g/mol. The number of sulfonamides is 1. The fourth-order valence-corrected chi connectivity index (χ4v) is 2.58. The number of carbonyl (C=O) groups is 1. The lowest BCUT2D eigenvalue weighted by molar-refractivity contribution is 0.0696. The molecule has 7 heteroatoms. The maximum absolute atomic E-state index is 13.7. The Kier molecular flexibility index (Phi) is 4.88. The van der Waals surface area contributed by atoms with Gasteiger partial charge in [0.2, 0.25) is 10.0 Å². The highest BCUT2D eigenvalue weighted by Gasteiger charge is 2.21. The Morgan fingerprint density at radius 1 is 1.35 bits per heavy atom. The molecule has 0 saturated heterocycles. The van der Waals surface area contributed by atoms with Gasteiger partial charge in [0.05, 0.1) is 5.56 Å². The average Bonchev–Trinajstić information content (AvgIpc) is 2.26. The Labute approximate surface area is 117 Å². The smallest absolute Gasteiger partial charge is 0.335 e. The molecule has 0 aromatic heterocycles. The molecule has 1 aromatic carbocycles. The monoisotopic (exact) mass is 303 g/mol. The Bertz CT molecular complexity index is 605. The van der Waals surface area contributed by atoms with E-state index >= 15 is 0 Å². The first-order valence-corrected chi connectivity index (χ1v) is 7.54. The quantitative estimate of drug-likeness (QED) is 0.873. The third-order valence-electron chi connectivity index (χ3n) is 2.64. The van der Waals surface area contributed by atoms with Crippen LogP contribution in [0.1, 0.15) is 37.6 Å². The Morgan fingerprint density at radius 3 is 2.40 bits per heavy atom. The van der Waals surface area contributed by atoms with Gasteiger partial charge in [0.1, 0.15) is 10.7 Å². The fourth-order valence-electron chi connectivity index (χ4n) is 1.49. The minimum atomic E-state index is -3.97. The van der Waals surface area contributed by atoms with Crippen LogP contribution >= 0.6 is 0 Å². The van der Waals surface area contributed by atoms with E-state index in [1.807, 2.05) is 20.8 Å². The lowest BCUT2D eigenvalue weighted by Crippen LogP contribution is -2.28. The van der Waals surface area contributed by atoms with Crippen molar-refractivity contribution >= 4 is 16.0 Å². The van der Waals surface area contributed by atoms with Crippen LogP contribution in [0.5, 0.6) is 0 Å². The molecule has 0 atom stereocenters. The zero-order valence-corrected chi connectivity index (χ0v) is 12.4. The average molecular weight is 303 g/mol. The van der Waals surface area contributed by atoms with Crippen LogP contribution in [0.4, 0.5) is 4.39 Å². The normalized spacial score (nSPS) is 12.4. The summed E-state index contributed by atoms with van der Waals surface area (Å²) in [7, 11) is -3.97. The van der Waals surface area contributed by atoms with E-state index in [1.165, 1.54) is 0 Å². The van der Waals surface area contributed by atoms with Gasteiger partial charge < -0.3 is 5.11 Å². The Balaban J connectivity index is 2.91. The highest BCUT2D eigenvalue weighted by Crippen LogP contribution is 2.19. The molecule has 0 aliphatic heterocycles. The highest BCUT2D eigenvalue weighted by atomic mass is 32.2. The Morgan fingerprint density at radius 2 is 1.95 bits per heavy atom. The van der Waals surface area contributed by atoms with Gasteiger partial charge in [-0.3, -0.25) is 0 Å². The summed E-state index contributed by atoms with van der Waals surface area (Å²) in [5.74, 6) is -2.39. The van der Waals surface area contributed by atoms with E-state index in [2.05, 4.69) is 4.72 Å². The number of rotatable bonds is 5. The molecule has 0 radical (unpaired) electrons. The van der Waals surface area contributed by atoms with Gasteiger partial charge in [-0.25, -0.2) is 22.3 Å². The molecule has 0 heterocycles. The van der Waals surface area contributed by atoms with Crippen LogP contribution in [0.2, 0.25) is 0 Å². The van der Waals surface area contributed by atoms with Gasteiger partial charge in [-0.2, -0.15) is 0 Å². The largest absolute Gasteiger partial charge is 0.478 e. The molecule has 0 aliphatic rings. The van der Waals surface area contributed by atoms with Gasteiger partial charge in [0.15, 0.2) is 0 Å². The van der Waals surface area contributed by atoms with Crippen molar-refractivity contribution in [2.45, 2.75) is 32.1 Å². The maximum atomic E-state index is 13.7. The van der Waals surface area contributed by atoms with Crippen molar-refractivity contribution in [2.75, 3.05) is 6.54 Å². The van der Waals surface area contributed by atoms with Crippen LogP contribution in [0.3, 0.4) is 0 Å². The van der Waals surface area contributed by atoms with Crippen molar-refractivity contribution in [3.63, 3.8) is 0 Å². The van der Waals surface area contributed by atoms with Crippen molar-refractivity contribution in [3.8, 4) is 0 Å². The number of halogens is 1. The zero-order valence-electron chi connectivity index (χ0n) is 11.6. The summed E-state index contributed by atoms with van der Waals surface area (Å²) in [6.07, 6.45) is 0.598. The van der Waals surface area contributed by atoms with Crippen molar-refractivity contribution in [1.29, 1.82) is 0 Å². The first kappa shape index (κ1) is 16.6. The predicted molar refractivity (Wildman–Crippen MR) is 72.6 cm³/mol. The lowest BCUT2D eigenvalue weighted by Gasteiger charge is -2.18. The minimum absolute atomic E-state index is 0.0474. The minimum Gasteiger partial charge on any atom is -0.478 e. The van der Waals surface area contributed by atoms with E-state index in [4.69, 9.17) is 5.11 Å². The number of nitrogens with one attached hydrogen (secondary N) is 1. The second-order valence-electron chi connectivity index (χ2n) is 5.66. The molecule has 112 valence electrons. The Hall–Kier alpha value is -1.47. The van der Waals surface area contributed by atoms with Crippen LogP contribution in [-0.4, -0.2) is 26.0 Å². The van der Waals surface area contributed by atoms with Gasteiger partial charge in [-0.15, -0.1) is 0 Å². The number of hydrogen-bond donors (Lipinski definition) is 2. The number of benzene rings is 1. The SMILES string of the molecule is CC(C)(C)CCNS(=O)(=O)c1ccc(C(=O)O)cc1F. The second kappa shape index (κ2) is 5.88. The zero-order chi connectivity index (χ0) is 15.6. The van der Waals surface area contributed by atoms with Crippen LogP contribution in [0.15, 0.2) is 23.1 Å². The topological polar surface area (TPSA) is 83.5 Å². The van der Waals surface area contributed by atoms with Gasteiger partial charge in [0, 0.05) is 6.54 Å². The van der Waals surface area contributed by atoms with Crippen molar-refractivity contribution in [1.82, 2.24) is 4.72 Å². The summed E-state index contributed by atoms with van der Waals surface area (Å²) in [6.45, 7) is 6.07. The first-order valence-electron chi connectivity index (χ1n) is 6.05. The van der Waals surface area contributed by atoms with Gasteiger partial charge in [-0.1, -0.05) is 20.8 Å². The molecule has 20 heavy (non-hydrogen) atoms.